The van der Waals surface area contributed by atoms with Gasteiger partial charge in [0.25, 0.3) is 0 Å². The predicted molar refractivity (Wildman–Crippen MR) is 49.5 cm³/mol. The second kappa shape index (κ2) is 2.39. The fraction of sp³-hybridized carbons (Fsp3) is 0.857. The van der Waals surface area contributed by atoms with Gasteiger partial charge in [0.05, 0.1) is 11.0 Å². The molecule has 1 rings (SSSR count). The van der Waals surface area contributed by atoms with Crippen molar-refractivity contribution in [2.75, 3.05) is 0 Å². The Hall–Kier alpha value is -0.290. The second-order valence-electron chi connectivity index (χ2n) is 4.20. The van der Waals surface area contributed by atoms with E-state index in [0.29, 0.717) is 0 Å². The highest BCUT2D eigenvalue weighted by Gasteiger charge is 2.64. The molecule has 1 aliphatic rings. The highest BCUT2D eigenvalue weighted by molar-refractivity contribution is 8.12. The Morgan fingerprint density at radius 2 is 1.62 bits per heavy atom. The van der Waals surface area contributed by atoms with E-state index >= 15 is 0 Å². The quantitative estimate of drug-likeness (QED) is 0.496. The van der Waals surface area contributed by atoms with E-state index in [0.717, 1.165) is 4.31 Å². The minimum atomic E-state index is -3.94. The molecule has 0 aromatic rings. The molecule has 1 fully saturated rings. The first-order valence-corrected chi connectivity index (χ1v) is 6.09. The van der Waals surface area contributed by atoms with Crippen LogP contribution in [0.3, 0.4) is 0 Å². The van der Waals surface area contributed by atoms with Gasteiger partial charge in [0.2, 0.25) is 5.91 Å². The maximum atomic E-state index is 11.4. The van der Waals surface area contributed by atoms with Crippen molar-refractivity contribution in [3.63, 3.8) is 0 Å². The van der Waals surface area contributed by atoms with Crippen molar-refractivity contribution in [1.82, 2.24) is 4.31 Å². The molecule has 0 spiro atoms. The molecular formula is C7H12ClNO3S. The zero-order valence-electron chi connectivity index (χ0n) is 7.96. The molecule has 1 amide bonds. The zero-order chi connectivity index (χ0) is 10.7. The third-order valence-electron chi connectivity index (χ3n) is 2.97. The van der Waals surface area contributed by atoms with Crippen molar-refractivity contribution >= 4 is 25.8 Å². The Bertz CT molecular complexity index is 358. The molecule has 0 N–H and O–H groups in total. The summed E-state index contributed by atoms with van der Waals surface area (Å²) in [5.41, 5.74) is -1.42. The second-order valence-corrected chi connectivity index (χ2v) is 6.55. The molecule has 1 aliphatic heterocycles. The molecule has 0 saturated carbocycles. The van der Waals surface area contributed by atoms with Crippen molar-refractivity contribution in [1.29, 1.82) is 0 Å². The van der Waals surface area contributed by atoms with Gasteiger partial charge in [-0.3, -0.25) is 4.79 Å². The Labute approximate surface area is 82.4 Å². The van der Waals surface area contributed by atoms with Gasteiger partial charge in [0.1, 0.15) is 0 Å². The molecule has 0 aromatic carbocycles. The average molecular weight is 226 g/mol. The molecule has 0 atom stereocenters. The maximum absolute atomic E-state index is 11.4. The Kier molecular flexibility index (Phi) is 1.98. The van der Waals surface area contributed by atoms with Gasteiger partial charge in [-0.1, -0.05) is 0 Å². The predicted octanol–water partition coefficient (Wildman–Crippen LogP) is 1.12. The molecule has 1 heterocycles. The van der Waals surface area contributed by atoms with E-state index < -0.39 is 26.1 Å². The number of β-lactam (4-membered cyclic amide) rings is 1. The number of hydrogen-bond acceptors (Lipinski definition) is 3. The summed E-state index contributed by atoms with van der Waals surface area (Å²) in [6, 6.07) is 0. The summed E-state index contributed by atoms with van der Waals surface area (Å²) in [5.74, 6) is -0.451. The number of rotatable bonds is 1. The summed E-state index contributed by atoms with van der Waals surface area (Å²) in [6.07, 6.45) is 0. The lowest BCUT2D eigenvalue weighted by atomic mass is 9.66. The number of halogens is 1. The first-order chi connectivity index (χ1) is 5.53. The van der Waals surface area contributed by atoms with Gasteiger partial charge in [0, 0.05) is 10.7 Å². The van der Waals surface area contributed by atoms with E-state index in [2.05, 4.69) is 0 Å². The monoisotopic (exact) mass is 225 g/mol. The van der Waals surface area contributed by atoms with Gasteiger partial charge < -0.3 is 0 Å². The van der Waals surface area contributed by atoms with Crippen molar-refractivity contribution in [3.8, 4) is 0 Å². The Morgan fingerprint density at radius 3 is 1.77 bits per heavy atom. The molecule has 0 unspecified atom stereocenters. The third-order valence-corrected chi connectivity index (χ3v) is 4.45. The van der Waals surface area contributed by atoms with Gasteiger partial charge in [-0.25, -0.2) is 4.31 Å². The van der Waals surface area contributed by atoms with Crippen LogP contribution in [0.2, 0.25) is 0 Å². The van der Waals surface area contributed by atoms with E-state index in [4.69, 9.17) is 10.7 Å². The van der Waals surface area contributed by atoms with Crippen molar-refractivity contribution in [2.24, 2.45) is 5.41 Å². The van der Waals surface area contributed by atoms with Crippen LogP contribution in [0.15, 0.2) is 0 Å². The van der Waals surface area contributed by atoms with Crippen molar-refractivity contribution in [3.05, 3.63) is 0 Å². The summed E-state index contributed by atoms with van der Waals surface area (Å²) in [4.78, 5) is 11.4. The summed E-state index contributed by atoms with van der Waals surface area (Å²) >= 11 is 0. The first kappa shape index (κ1) is 10.8. The molecule has 76 valence electrons. The minimum Gasteiger partial charge on any atom is -0.273 e. The molecular weight excluding hydrogens is 214 g/mol. The van der Waals surface area contributed by atoms with E-state index in [1.165, 1.54) is 0 Å². The topological polar surface area (TPSA) is 54.5 Å². The van der Waals surface area contributed by atoms with Crippen molar-refractivity contribution in [2.45, 2.75) is 33.2 Å². The van der Waals surface area contributed by atoms with Crippen LogP contribution in [0.1, 0.15) is 27.7 Å². The normalized spacial score (nSPS) is 25.6. The lowest BCUT2D eigenvalue weighted by Gasteiger charge is -2.57. The summed E-state index contributed by atoms with van der Waals surface area (Å²) in [5, 5.41) is 0. The first-order valence-electron chi connectivity index (χ1n) is 3.82. The van der Waals surface area contributed by atoms with Crippen molar-refractivity contribution < 1.29 is 13.2 Å². The SMILES string of the molecule is CC1(C)C(=O)N(S(=O)(=O)Cl)C1(C)C. The minimum absolute atomic E-state index is 0.451. The lowest BCUT2D eigenvalue weighted by molar-refractivity contribution is -0.166. The fourth-order valence-corrected chi connectivity index (χ4v) is 3.25. The number of amides is 1. The van der Waals surface area contributed by atoms with E-state index in [1.807, 2.05) is 0 Å². The summed E-state index contributed by atoms with van der Waals surface area (Å²) in [7, 11) is 1.18. The van der Waals surface area contributed by atoms with Crippen LogP contribution in [0.4, 0.5) is 0 Å². The Balaban J connectivity index is 3.17. The third kappa shape index (κ3) is 1.17. The standard InChI is InChI=1S/C7H12ClNO3S/c1-6(2)5(10)9(7(6,3)4)13(8,11)12/h1-4H3. The van der Waals surface area contributed by atoms with Crippen LogP contribution in [-0.2, 0) is 14.0 Å². The van der Waals surface area contributed by atoms with Gasteiger partial charge in [-0.05, 0) is 27.7 Å². The highest BCUT2D eigenvalue weighted by Crippen LogP contribution is 2.49. The number of nitrogens with zero attached hydrogens (tertiary/aromatic N) is 1. The van der Waals surface area contributed by atoms with Crippen LogP contribution >= 0.6 is 10.7 Å². The van der Waals surface area contributed by atoms with Gasteiger partial charge in [-0.15, -0.1) is 0 Å². The molecule has 4 nitrogen and oxygen atoms in total. The van der Waals surface area contributed by atoms with Crippen LogP contribution in [-0.4, -0.2) is 24.2 Å². The molecule has 0 bridgehead atoms. The number of carbonyl (C=O) groups is 1. The molecule has 0 aromatic heterocycles. The van der Waals surface area contributed by atoms with Crippen LogP contribution in [0.25, 0.3) is 0 Å². The molecule has 13 heavy (non-hydrogen) atoms. The molecule has 1 saturated heterocycles. The van der Waals surface area contributed by atoms with E-state index in [1.54, 1.807) is 27.7 Å². The van der Waals surface area contributed by atoms with E-state index in [-0.39, 0.29) is 0 Å². The van der Waals surface area contributed by atoms with Gasteiger partial charge in [-0.2, -0.15) is 8.42 Å². The van der Waals surface area contributed by atoms with Crippen LogP contribution in [0, 0.1) is 5.41 Å². The zero-order valence-corrected chi connectivity index (χ0v) is 9.53. The van der Waals surface area contributed by atoms with E-state index in [9.17, 15) is 13.2 Å². The summed E-state index contributed by atoms with van der Waals surface area (Å²) in [6.45, 7) is 6.75. The average Bonchev–Trinajstić information content (AvgIpc) is 1.82. The molecule has 6 heteroatoms. The fourth-order valence-electron chi connectivity index (χ4n) is 1.34. The highest BCUT2D eigenvalue weighted by atomic mass is 35.7. The summed E-state index contributed by atoms with van der Waals surface area (Å²) < 4.78 is 22.7. The Morgan fingerprint density at radius 1 is 1.23 bits per heavy atom. The molecule has 0 aliphatic carbocycles. The largest absolute Gasteiger partial charge is 0.324 e. The van der Waals surface area contributed by atoms with Crippen LogP contribution < -0.4 is 0 Å². The molecule has 0 radical (unpaired) electrons. The smallest absolute Gasteiger partial charge is 0.273 e. The maximum Gasteiger partial charge on any atom is 0.324 e. The van der Waals surface area contributed by atoms with Crippen LogP contribution in [0.5, 0.6) is 0 Å². The lowest BCUT2D eigenvalue weighted by Crippen LogP contribution is -2.73. The van der Waals surface area contributed by atoms with Gasteiger partial charge in [0.15, 0.2) is 0 Å². The number of hydrogen-bond donors (Lipinski definition) is 0. The number of carbonyl (C=O) groups excluding carboxylic acids is 1. The van der Waals surface area contributed by atoms with Gasteiger partial charge >= 0.3 is 9.24 Å².